The van der Waals surface area contributed by atoms with Crippen LogP contribution in [0.3, 0.4) is 0 Å². The van der Waals surface area contributed by atoms with E-state index in [0.717, 1.165) is 25.8 Å². The second-order valence-corrected chi connectivity index (χ2v) is 3.96. The van der Waals surface area contributed by atoms with Crippen LogP contribution in [0.15, 0.2) is 18.9 Å². The maximum absolute atomic E-state index is 5.95. The third-order valence-corrected chi connectivity index (χ3v) is 2.30. The van der Waals surface area contributed by atoms with Crippen LogP contribution in [0, 0.1) is 0 Å². The second kappa shape index (κ2) is 7.90. The minimum absolute atomic E-state index is 0.435. The lowest BCUT2D eigenvalue weighted by Crippen LogP contribution is -2.06. The number of ether oxygens (including phenoxy) is 1. The van der Waals surface area contributed by atoms with E-state index in [-0.39, 0.29) is 0 Å². The van der Waals surface area contributed by atoms with Gasteiger partial charge in [-0.15, -0.1) is 6.58 Å². The van der Waals surface area contributed by atoms with Crippen LogP contribution >= 0.6 is 11.6 Å². The Balaban J connectivity index is 2.53. The standard InChI is InChI=1S/C12H18ClN3O/c1-3-5-6-8-17-11-10(13)9-15-12(16-11)14-7-4-2/h3,9H,1,4-8H2,2H3,(H,14,15,16). The summed E-state index contributed by atoms with van der Waals surface area (Å²) in [6.45, 7) is 7.14. The van der Waals surface area contributed by atoms with Crippen LogP contribution in [0.25, 0.3) is 0 Å². The average Bonchev–Trinajstić information content (AvgIpc) is 2.35. The molecule has 94 valence electrons. The average molecular weight is 256 g/mol. The first-order chi connectivity index (χ1) is 8.27. The molecule has 1 heterocycles. The van der Waals surface area contributed by atoms with Gasteiger partial charge in [0.25, 0.3) is 0 Å². The Kier molecular flexibility index (Phi) is 6.40. The molecule has 0 aliphatic rings. The van der Waals surface area contributed by atoms with Gasteiger partial charge in [-0.2, -0.15) is 4.98 Å². The third-order valence-electron chi connectivity index (χ3n) is 2.04. The summed E-state index contributed by atoms with van der Waals surface area (Å²) < 4.78 is 5.49. The number of rotatable bonds is 8. The zero-order valence-corrected chi connectivity index (χ0v) is 10.8. The summed E-state index contributed by atoms with van der Waals surface area (Å²) in [7, 11) is 0. The van der Waals surface area contributed by atoms with E-state index in [1.165, 1.54) is 0 Å². The molecule has 0 bridgehead atoms. The summed E-state index contributed by atoms with van der Waals surface area (Å²) >= 11 is 5.95. The summed E-state index contributed by atoms with van der Waals surface area (Å²) in [4.78, 5) is 8.28. The Morgan fingerprint density at radius 3 is 3.12 bits per heavy atom. The lowest BCUT2D eigenvalue weighted by atomic mass is 10.3. The molecule has 0 saturated heterocycles. The molecule has 1 aromatic rings. The zero-order chi connectivity index (χ0) is 12.5. The van der Waals surface area contributed by atoms with Crippen LogP contribution < -0.4 is 10.1 Å². The first-order valence-corrected chi connectivity index (χ1v) is 6.15. The molecule has 0 amide bonds. The highest BCUT2D eigenvalue weighted by atomic mass is 35.5. The molecule has 0 radical (unpaired) electrons. The number of allylic oxidation sites excluding steroid dienone is 1. The van der Waals surface area contributed by atoms with Crippen LogP contribution in [0.4, 0.5) is 5.95 Å². The van der Waals surface area contributed by atoms with Gasteiger partial charge in [-0.25, -0.2) is 4.98 Å². The molecular weight excluding hydrogens is 238 g/mol. The second-order valence-electron chi connectivity index (χ2n) is 3.55. The molecule has 1 rings (SSSR count). The summed E-state index contributed by atoms with van der Waals surface area (Å²) in [6, 6.07) is 0. The monoisotopic (exact) mass is 255 g/mol. The fraction of sp³-hybridized carbons (Fsp3) is 0.500. The molecule has 0 spiro atoms. The molecule has 1 N–H and O–H groups in total. The predicted molar refractivity (Wildman–Crippen MR) is 70.7 cm³/mol. The summed E-state index contributed by atoms with van der Waals surface area (Å²) in [5.41, 5.74) is 0. The predicted octanol–water partition coefficient (Wildman–Crippen LogP) is 3.30. The van der Waals surface area contributed by atoms with Crippen molar-refractivity contribution in [1.29, 1.82) is 0 Å². The van der Waals surface area contributed by atoms with Crippen molar-refractivity contribution in [2.75, 3.05) is 18.5 Å². The van der Waals surface area contributed by atoms with Crippen LogP contribution in [0.1, 0.15) is 26.2 Å². The van der Waals surface area contributed by atoms with Crippen molar-refractivity contribution < 1.29 is 4.74 Å². The van der Waals surface area contributed by atoms with E-state index in [0.29, 0.717) is 23.5 Å². The van der Waals surface area contributed by atoms with E-state index in [4.69, 9.17) is 16.3 Å². The van der Waals surface area contributed by atoms with Crippen LogP contribution in [0.5, 0.6) is 5.88 Å². The molecule has 0 atom stereocenters. The topological polar surface area (TPSA) is 47.0 Å². The Labute approximate surface area is 107 Å². The van der Waals surface area contributed by atoms with Gasteiger partial charge in [-0.3, -0.25) is 0 Å². The normalized spacial score (nSPS) is 10.0. The molecule has 4 nitrogen and oxygen atoms in total. The van der Waals surface area contributed by atoms with Gasteiger partial charge in [0.05, 0.1) is 12.8 Å². The van der Waals surface area contributed by atoms with Gasteiger partial charge < -0.3 is 10.1 Å². The Morgan fingerprint density at radius 2 is 2.41 bits per heavy atom. The molecule has 5 heteroatoms. The number of unbranched alkanes of at least 4 members (excludes halogenated alkanes) is 1. The van der Waals surface area contributed by atoms with Crippen molar-refractivity contribution in [1.82, 2.24) is 9.97 Å². The van der Waals surface area contributed by atoms with Crippen LogP contribution in [-0.2, 0) is 0 Å². The van der Waals surface area contributed by atoms with Crippen molar-refractivity contribution >= 4 is 17.5 Å². The number of anilines is 1. The number of hydrogen-bond donors (Lipinski definition) is 1. The van der Waals surface area contributed by atoms with Gasteiger partial charge in [-0.05, 0) is 19.3 Å². The molecule has 0 fully saturated rings. The molecule has 0 aliphatic carbocycles. The van der Waals surface area contributed by atoms with Crippen LogP contribution in [0.2, 0.25) is 5.02 Å². The van der Waals surface area contributed by atoms with Crippen molar-refractivity contribution in [3.63, 3.8) is 0 Å². The van der Waals surface area contributed by atoms with E-state index in [9.17, 15) is 0 Å². The highest BCUT2D eigenvalue weighted by Gasteiger charge is 2.05. The van der Waals surface area contributed by atoms with E-state index in [1.54, 1.807) is 6.20 Å². The Morgan fingerprint density at radius 1 is 1.59 bits per heavy atom. The first-order valence-electron chi connectivity index (χ1n) is 5.78. The largest absolute Gasteiger partial charge is 0.476 e. The molecule has 17 heavy (non-hydrogen) atoms. The third kappa shape index (κ3) is 5.04. The Bertz CT molecular complexity index is 358. The van der Waals surface area contributed by atoms with Crippen LogP contribution in [-0.4, -0.2) is 23.1 Å². The van der Waals surface area contributed by atoms with E-state index >= 15 is 0 Å². The highest BCUT2D eigenvalue weighted by molar-refractivity contribution is 6.31. The van der Waals surface area contributed by atoms with E-state index in [1.807, 2.05) is 6.08 Å². The number of nitrogens with one attached hydrogen (secondary N) is 1. The number of hydrogen-bond acceptors (Lipinski definition) is 4. The minimum atomic E-state index is 0.435. The lowest BCUT2D eigenvalue weighted by Gasteiger charge is -2.08. The quantitative estimate of drug-likeness (QED) is 0.572. The minimum Gasteiger partial charge on any atom is -0.476 e. The van der Waals surface area contributed by atoms with Crippen molar-refractivity contribution in [3.8, 4) is 5.88 Å². The molecule has 0 aromatic carbocycles. The summed E-state index contributed by atoms with van der Waals surface area (Å²) in [5.74, 6) is 0.985. The zero-order valence-electron chi connectivity index (χ0n) is 10.1. The van der Waals surface area contributed by atoms with Gasteiger partial charge in [0, 0.05) is 6.54 Å². The van der Waals surface area contributed by atoms with Gasteiger partial charge in [-0.1, -0.05) is 24.6 Å². The SMILES string of the molecule is C=CCCCOc1nc(NCCC)ncc1Cl. The van der Waals surface area contributed by atoms with Crippen molar-refractivity contribution in [2.24, 2.45) is 0 Å². The van der Waals surface area contributed by atoms with E-state index < -0.39 is 0 Å². The highest BCUT2D eigenvalue weighted by Crippen LogP contribution is 2.21. The molecule has 0 unspecified atom stereocenters. The molecule has 1 aromatic heterocycles. The van der Waals surface area contributed by atoms with E-state index in [2.05, 4.69) is 28.8 Å². The fourth-order valence-corrected chi connectivity index (χ4v) is 1.32. The van der Waals surface area contributed by atoms with Crippen molar-refractivity contribution in [3.05, 3.63) is 23.9 Å². The molecule has 0 saturated carbocycles. The number of nitrogens with zero attached hydrogens (tertiary/aromatic N) is 2. The smallest absolute Gasteiger partial charge is 0.237 e. The van der Waals surface area contributed by atoms with Gasteiger partial charge >= 0.3 is 0 Å². The Hall–Kier alpha value is -1.29. The lowest BCUT2D eigenvalue weighted by molar-refractivity contribution is 0.300. The first kappa shape index (κ1) is 13.8. The fourth-order valence-electron chi connectivity index (χ4n) is 1.17. The summed E-state index contributed by atoms with van der Waals surface area (Å²) in [6.07, 6.45) is 6.25. The summed E-state index contributed by atoms with van der Waals surface area (Å²) in [5, 5.41) is 3.52. The maximum Gasteiger partial charge on any atom is 0.237 e. The van der Waals surface area contributed by atoms with Crippen molar-refractivity contribution in [2.45, 2.75) is 26.2 Å². The van der Waals surface area contributed by atoms with Gasteiger partial charge in [0.1, 0.15) is 5.02 Å². The number of halogens is 1. The molecular formula is C12H18ClN3O. The number of aromatic nitrogens is 2. The molecule has 0 aliphatic heterocycles. The van der Waals surface area contributed by atoms with Gasteiger partial charge in [0.2, 0.25) is 11.8 Å². The van der Waals surface area contributed by atoms with Gasteiger partial charge in [0.15, 0.2) is 0 Å². The maximum atomic E-state index is 5.95.